The highest BCUT2D eigenvalue weighted by Crippen LogP contribution is 2.27. The minimum atomic E-state index is -1.39. The van der Waals surface area contributed by atoms with Crippen molar-refractivity contribution < 1.29 is 43.4 Å². The van der Waals surface area contributed by atoms with Gasteiger partial charge >= 0.3 is 12.1 Å². The summed E-state index contributed by atoms with van der Waals surface area (Å²) in [6, 6.07) is 2.99. The van der Waals surface area contributed by atoms with Crippen LogP contribution in [0, 0.1) is 11.8 Å². The highest BCUT2D eigenvalue weighted by atomic mass is 16.5. The van der Waals surface area contributed by atoms with Crippen LogP contribution in [-0.4, -0.2) is 77.9 Å². The van der Waals surface area contributed by atoms with Crippen LogP contribution in [0.4, 0.5) is 4.79 Å². The van der Waals surface area contributed by atoms with Gasteiger partial charge in [0, 0.05) is 0 Å². The summed E-state index contributed by atoms with van der Waals surface area (Å²) in [7, 11) is 0. The van der Waals surface area contributed by atoms with Crippen LogP contribution in [0.3, 0.4) is 0 Å². The van der Waals surface area contributed by atoms with Gasteiger partial charge in [-0.15, -0.1) is 13.2 Å². The molecular formula is C34H47N5O9. The molecule has 0 aromatic heterocycles. The molecule has 1 aliphatic carbocycles. The lowest BCUT2D eigenvalue weighted by Crippen LogP contribution is -2.58. The Morgan fingerprint density at radius 3 is 2.04 bits per heavy atom. The van der Waals surface area contributed by atoms with Crippen LogP contribution >= 0.6 is 0 Å². The van der Waals surface area contributed by atoms with Crippen LogP contribution in [0.25, 0.3) is 0 Å². The van der Waals surface area contributed by atoms with E-state index in [-0.39, 0.29) is 31.3 Å². The van der Waals surface area contributed by atoms with E-state index in [9.17, 15) is 38.7 Å². The maximum absolute atomic E-state index is 13.5. The molecule has 2 unspecified atom stereocenters. The Hall–Kier alpha value is -5.01. The van der Waals surface area contributed by atoms with Crippen LogP contribution in [-0.2, 0) is 33.5 Å². The summed E-state index contributed by atoms with van der Waals surface area (Å²) >= 11 is 0. The topological polar surface area (TPSA) is 209 Å². The molecule has 0 bridgehead atoms. The summed E-state index contributed by atoms with van der Waals surface area (Å²) in [5.41, 5.74) is 0.308. The van der Waals surface area contributed by atoms with Gasteiger partial charge < -0.3 is 36.4 Å². The summed E-state index contributed by atoms with van der Waals surface area (Å²) in [6.45, 7) is 10.4. The fraction of sp³-hybridized carbons (Fsp3) is 0.500. The average molecular weight is 670 g/mol. The van der Waals surface area contributed by atoms with Crippen molar-refractivity contribution in [3.63, 3.8) is 0 Å². The molecule has 0 aliphatic heterocycles. The number of benzene rings is 1. The zero-order valence-corrected chi connectivity index (χ0v) is 27.5. The van der Waals surface area contributed by atoms with Crippen molar-refractivity contribution in [3.05, 3.63) is 61.2 Å². The third kappa shape index (κ3) is 13.0. The number of aliphatic carboxylic acids is 1. The highest BCUT2D eigenvalue weighted by Gasteiger charge is 2.35. The Morgan fingerprint density at radius 2 is 1.46 bits per heavy atom. The Labute approximate surface area is 280 Å². The van der Waals surface area contributed by atoms with Gasteiger partial charge in [0.2, 0.25) is 23.5 Å². The van der Waals surface area contributed by atoms with E-state index in [1.54, 1.807) is 18.2 Å². The SMILES string of the molecule is C=CCC(NC(=O)[C@H](CC=C)NC(=O)[C@@H](NC(=O)OCC(C)C)C1CCCCC1)C(=O)C(=O)NCC(=O)NC(C(=O)O)c1ccccc1. The smallest absolute Gasteiger partial charge is 0.407 e. The fourth-order valence-electron chi connectivity index (χ4n) is 5.16. The minimum Gasteiger partial charge on any atom is -0.479 e. The van der Waals surface area contributed by atoms with E-state index in [4.69, 9.17) is 4.74 Å². The normalized spacial score (nSPS) is 15.4. The number of hydrogen-bond acceptors (Lipinski definition) is 8. The second-order valence-electron chi connectivity index (χ2n) is 12.0. The number of alkyl carbamates (subject to hydrolysis) is 1. The standard InChI is InChI=1S/C34H47N5O9/c1-5-13-24(29(41)32(44)35-19-26(40)38-28(33(45)46)23-17-11-8-12-18-23)36-30(42)25(14-6-2)37-31(43)27(22-15-9-7-10-16-22)39-34(47)48-20-21(3)4/h5-6,8,11-12,17-18,21-22,24-25,27-28H,1-2,7,9-10,13-16,19-20H2,3-4H3,(H,35,44)(H,36,42)(H,37,43)(H,38,40)(H,39,47)(H,45,46)/t24?,25-,27-,28?/m0/s1. The Bertz CT molecular complexity index is 1310. The van der Waals surface area contributed by atoms with Gasteiger partial charge in [0.1, 0.15) is 18.1 Å². The second-order valence-corrected chi connectivity index (χ2v) is 12.0. The number of nitrogens with one attached hydrogen (secondary N) is 5. The molecule has 1 aromatic carbocycles. The lowest BCUT2D eigenvalue weighted by molar-refractivity contribution is -0.142. The molecule has 1 saturated carbocycles. The molecule has 0 heterocycles. The molecule has 4 atom stereocenters. The predicted molar refractivity (Wildman–Crippen MR) is 176 cm³/mol. The number of carboxylic acids is 1. The first-order valence-corrected chi connectivity index (χ1v) is 16.0. The Kier molecular flexibility index (Phi) is 16.5. The lowest BCUT2D eigenvalue weighted by Gasteiger charge is -2.31. The summed E-state index contributed by atoms with van der Waals surface area (Å²) in [5, 5.41) is 21.7. The summed E-state index contributed by atoms with van der Waals surface area (Å²) in [4.78, 5) is 89.1. The minimum absolute atomic E-state index is 0.0275. The molecule has 48 heavy (non-hydrogen) atoms. The monoisotopic (exact) mass is 669 g/mol. The van der Waals surface area contributed by atoms with Gasteiger partial charge in [-0.1, -0.05) is 75.6 Å². The number of ether oxygens (including phenoxy) is 1. The largest absolute Gasteiger partial charge is 0.479 e. The van der Waals surface area contributed by atoms with Crippen LogP contribution in [0.15, 0.2) is 55.6 Å². The first-order valence-electron chi connectivity index (χ1n) is 16.0. The van der Waals surface area contributed by atoms with Crippen molar-refractivity contribution >= 4 is 41.5 Å². The molecule has 0 radical (unpaired) electrons. The molecule has 6 N–H and O–H groups in total. The van der Waals surface area contributed by atoms with Crippen molar-refractivity contribution in [3.8, 4) is 0 Å². The van der Waals surface area contributed by atoms with E-state index >= 15 is 0 Å². The number of carboxylic acid groups (broad SMARTS) is 1. The van der Waals surface area contributed by atoms with Crippen LogP contribution < -0.4 is 26.6 Å². The van der Waals surface area contributed by atoms with E-state index in [1.807, 2.05) is 13.8 Å². The number of rotatable bonds is 19. The van der Waals surface area contributed by atoms with E-state index in [1.165, 1.54) is 24.3 Å². The number of ketones is 1. The van der Waals surface area contributed by atoms with Crippen molar-refractivity contribution in [2.45, 2.75) is 83.0 Å². The third-order valence-corrected chi connectivity index (χ3v) is 7.61. The van der Waals surface area contributed by atoms with Gasteiger partial charge in [0.15, 0.2) is 6.04 Å². The average Bonchev–Trinajstić information content (AvgIpc) is 3.07. The number of amides is 5. The van der Waals surface area contributed by atoms with Crippen molar-refractivity contribution in [2.75, 3.05) is 13.2 Å². The van der Waals surface area contributed by atoms with Gasteiger partial charge in [-0.05, 0) is 43.1 Å². The number of carbonyl (C=O) groups is 7. The summed E-state index contributed by atoms with van der Waals surface area (Å²) in [5.74, 6) is -5.94. The molecule has 5 amide bonds. The van der Waals surface area contributed by atoms with Gasteiger partial charge in [-0.25, -0.2) is 9.59 Å². The van der Waals surface area contributed by atoms with Crippen molar-refractivity contribution in [2.24, 2.45) is 11.8 Å². The quantitative estimate of drug-likeness (QED) is 0.0940. The molecule has 1 aromatic rings. The van der Waals surface area contributed by atoms with Crippen molar-refractivity contribution in [1.82, 2.24) is 26.6 Å². The first kappa shape index (κ1) is 39.2. The molecule has 1 aliphatic rings. The molecule has 0 saturated heterocycles. The third-order valence-electron chi connectivity index (χ3n) is 7.61. The fourth-order valence-corrected chi connectivity index (χ4v) is 5.16. The molecule has 14 heteroatoms. The zero-order valence-electron chi connectivity index (χ0n) is 27.5. The predicted octanol–water partition coefficient (Wildman–Crippen LogP) is 2.07. The lowest BCUT2D eigenvalue weighted by atomic mass is 9.83. The molecule has 262 valence electrons. The van der Waals surface area contributed by atoms with Gasteiger partial charge in [-0.3, -0.25) is 24.0 Å². The maximum Gasteiger partial charge on any atom is 0.407 e. The Morgan fingerprint density at radius 1 is 0.854 bits per heavy atom. The van der Waals surface area contributed by atoms with E-state index in [2.05, 4.69) is 39.7 Å². The second kappa shape index (κ2) is 20.3. The van der Waals surface area contributed by atoms with Crippen LogP contribution in [0.1, 0.15) is 70.4 Å². The van der Waals surface area contributed by atoms with E-state index < -0.39 is 72.2 Å². The molecule has 14 nitrogen and oxygen atoms in total. The summed E-state index contributed by atoms with van der Waals surface area (Å²) < 4.78 is 5.23. The van der Waals surface area contributed by atoms with E-state index in [0.717, 1.165) is 19.3 Å². The van der Waals surface area contributed by atoms with Gasteiger partial charge in [0.05, 0.1) is 13.2 Å². The first-order chi connectivity index (χ1) is 22.9. The van der Waals surface area contributed by atoms with Gasteiger partial charge in [0.25, 0.3) is 5.91 Å². The Balaban J connectivity index is 2.07. The number of Topliss-reactive ketones (excluding diaryl/α,β-unsaturated/α-hetero) is 1. The van der Waals surface area contributed by atoms with Crippen molar-refractivity contribution in [1.29, 1.82) is 0 Å². The number of carbonyl (C=O) groups excluding carboxylic acids is 6. The molecular weight excluding hydrogens is 622 g/mol. The van der Waals surface area contributed by atoms with E-state index in [0.29, 0.717) is 18.4 Å². The highest BCUT2D eigenvalue weighted by molar-refractivity contribution is 6.38. The zero-order chi connectivity index (χ0) is 35.6. The van der Waals surface area contributed by atoms with Crippen LogP contribution in [0.2, 0.25) is 0 Å². The summed E-state index contributed by atoms with van der Waals surface area (Å²) in [6.07, 6.45) is 5.98. The molecule has 1 fully saturated rings. The number of hydrogen-bond donors (Lipinski definition) is 6. The molecule has 0 spiro atoms. The van der Waals surface area contributed by atoms with Gasteiger partial charge in [-0.2, -0.15) is 0 Å². The maximum atomic E-state index is 13.5. The molecule has 2 rings (SSSR count). The van der Waals surface area contributed by atoms with Crippen LogP contribution in [0.5, 0.6) is 0 Å².